The van der Waals surface area contributed by atoms with Crippen molar-refractivity contribution in [3.05, 3.63) is 59.0 Å². The number of anilines is 1. The summed E-state index contributed by atoms with van der Waals surface area (Å²) in [7, 11) is -2.26. The van der Waals surface area contributed by atoms with Gasteiger partial charge < -0.3 is 10.1 Å². The Morgan fingerprint density at radius 1 is 1.06 bits per heavy atom. The Balaban J connectivity index is 1.48. The van der Waals surface area contributed by atoms with Crippen molar-refractivity contribution in [3.63, 3.8) is 0 Å². The molecule has 1 amide bonds. The van der Waals surface area contributed by atoms with Crippen LogP contribution >= 0.6 is 23.6 Å². The summed E-state index contributed by atoms with van der Waals surface area (Å²) in [6.07, 6.45) is 1.70. The third-order valence-corrected chi connectivity index (χ3v) is 8.52. The Hall–Kier alpha value is -2.86. The zero-order chi connectivity index (χ0) is 23.6. The minimum absolute atomic E-state index is 0.00229. The number of carbonyl (C=O) groups excluding carboxylic acids is 2. The van der Waals surface area contributed by atoms with E-state index in [2.05, 4.69) is 10.6 Å². The van der Waals surface area contributed by atoms with E-state index in [1.807, 2.05) is 24.3 Å². The molecule has 3 aromatic rings. The fraction of sp³-hybridized carbons (Fsp3) is 0.227. The van der Waals surface area contributed by atoms with Crippen molar-refractivity contribution in [2.75, 3.05) is 25.5 Å². The molecule has 0 atom stereocenters. The maximum Gasteiger partial charge on any atom is 0.350 e. The molecule has 0 radical (unpaired) electrons. The summed E-state index contributed by atoms with van der Waals surface area (Å²) in [5.41, 5.74) is 0.711. The number of methoxy groups -OCH3 is 1. The van der Waals surface area contributed by atoms with Crippen molar-refractivity contribution in [2.45, 2.75) is 17.7 Å². The van der Waals surface area contributed by atoms with E-state index < -0.39 is 21.9 Å². The minimum atomic E-state index is -3.55. The maximum atomic E-state index is 12.7. The molecule has 0 aliphatic carbocycles. The predicted molar refractivity (Wildman–Crippen MR) is 131 cm³/mol. The Labute approximate surface area is 200 Å². The van der Waals surface area contributed by atoms with Gasteiger partial charge in [0.1, 0.15) is 4.88 Å². The van der Waals surface area contributed by atoms with E-state index in [0.29, 0.717) is 23.7 Å². The van der Waals surface area contributed by atoms with Gasteiger partial charge in [0, 0.05) is 28.7 Å². The fourth-order valence-corrected chi connectivity index (χ4v) is 6.37. The number of fused-ring (bicyclic) bond motifs is 1. The van der Waals surface area contributed by atoms with Gasteiger partial charge >= 0.3 is 5.97 Å². The summed E-state index contributed by atoms with van der Waals surface area (Å²) in [6.45, 7) is 1.02. The first-order valence-electron chi connectivity index (χ1n) is 10.1. The molecular formula is C22H21N3O5S3. The molecule has 1 aromatic heterocycles. The molecule has 0 spiro atoms. The van der Waals surface area contributed by atoms with Gasteiger partial charge in [0.2, 0.25) is 10.0 Å². The lowest BCUT2D eigenvalue weighted by Gasteiger charge is -2.15. The lowest BCUT2D eigenvalue weighted by Crippen LogP contribution is -2.34. The maximum absolute atomic E-state index is 12.7. The SMILES string of the molecule is COC(=O)c1sc2ccccc2c1NC(=S)NC(=O)c1ccc(S(=O)(=O)N2CCCC2)cc1. The molecule has 2 N–H and O–H groups in total. The van der Waals surface area contributed by atoms with Gasteiger partial charge in [-0.2, -0.15) is 4.31 Å². The van der Waals surface area contributed by atoms with Gasteiger partial charge in [0.15, 0.2) is 5.11 Å². The largest absolute Gasteiger partial charge is 0.465 e. The number of thiophene rings is 1. The van der Waals surface area contributed by atoms with Crippen LogP contribution in [0, 0.1) is 0 Å². The van der Waals surface area contributed by atoms with Crippen LogP contribution in [0.5, 0.6) is 0 Å². The fourth-order valence-electron chi connectivity index (χ4n) is 3.58. The van der Waals surface area contributed by atoms with E-state index in [4.69, 9.17) is 17.0 Å². The molecule has 1 aliphatic heterocycles. The predicted octanol–water partition coefficient (Wildman–Crippen LogP) is 3.60. The standard InChI is InChI=1S/C22H21N3O5S3/c1-30-21(27)19-18(16-6-2-3-7-17(16)32-19)23-22(31)24-20(26)14-8-10-15(11-9-14)33(28,29)25-12-4-5-13-25/h2-3,6-11H,4-5,12-13H2,1H3,(H2,23,24,26,31). The van der Waals surface area contributed by atoms with Crippen LogP contribution in [0.2, 0.25) is 0 Å². The summed E-state index contributed by atoms with van der Waals surface area (Å²) in [4.78, 5) is 25.3. The zero-order valence-electron chi connectivity index (χ0n) is 17.7. The Bertz CT molecular complexity index is 1330. The second kappa shape index (κ2) is 9.56. The molecule has 1 aliphatic rings. The van der Waals surface area contributed by atoms with Crippen molar-refractivity contribution in [2.24, 2.45) is 0 Å². The number of nitrogens with one attached hydrogen (secondary N) is 2. The summed E-state index contributed by atoms with van der Waals surface area (Å²) in [5.74, 6) is -1.01. The van der Waals surface area contributed by atoms with E-state index in [0.717, 1.165) is 22.9 Å². The van der Waals surface area contributed by atoms with Crippen molar-refractivity contribution in [1.82, 2.24) is 9.62 Å². The average molecular weight is 504 g/mol. The topological polar surface area (TPSA) is 105 Å². The molecular weight excluding hydrogens is 482 g/mol. The third-order valence-electron chi connectivity index (χ3n) is 5.25. The Morgan fingerprint density at radius 2 is 1.73 bits per heavy atom. The number of rotatable bonds is 5. The van der Waals surface area contributed by atoms with E-state index in [9.17, 15) is 18.0 Å². The molecule has 1 saturated heterocycles. The van der Waals surface area contributed by atoms with Crippen molar-refractivity contribution < 1.29 is 22.7 Å². The zero-order valence-corrected chi connectivity index (χ0v) is 20.1. The highest BCUT2D eigenvalue weighted by Crippen LogP contribution is 2.36. The summed E-state index contributed by atoms with van der Waals surface area (Å²) in [6, 6.07) is 13.1. The van der Waals surface area contributed by atoms with Gasteiger partial charge in [-0.3, -0.25) is 10.1 Å². The minimum Gasteiger partial charge on any atom is -0.465 e. The van der Waals surface area contributed by atoms with Gasteiger partial charge in [-0.25, -0.2) is 13.2 Å². The van der Waals surface area contributed by atoms with Gasteiger partial charge in [0.05, 0.1) is 17.7 Å². The molecule has 2 aromatic carbocycles. The van der Waals surface area contributed by atoms with Gasteiger partial charge in [-0.15, -0.1) is 11.3 Å². The molecule has 8 nitrogen and oxygen atoms in total. The number of hydrogen-bond acceptors (Lipinski definition) is 7. The molecule has 0 saturated carbocycles. The van der Waals surface area contributed by atoms with Crippen molar-refractivity contribution in [1.29, 1.82) is 0 Å². The molecule has 33 heavy (non-hydrogen) atoms. The normalized spacial score (nSPS) is 14.2. The Kier molecular flexibility index (Phi) is 6.75. The smallest absolute Gasteiger partial charge is 0.350 e. The molecule has 11 heteroatoms. The van der Waals surface area contributed by atoms with Gasteiger partial charge in [-0.1, -0.05) is 18.2 Å². The van der Waals surface area contributed by atoms with Crippen molar-refractivity contribution in [3.8, 4) is 0 Å². The van der Waals surface area contributed by atoms with E-state index in [-0.39, 0.29) is 15.6 Å². The number of ether oxygens (including phenoxy) is 1. The quantitative estimate of drug-likeness (QED) is 0.405. The average Bonchev–Trinajstić information content (AvgIpc) is 3.48. The number of sulfonamides is 1. The monoisotopic (exact) mass is 503 g/mol. The van der Waals surface area contributed by atoms with Crippen molar-refractivity contribution >= 4 is 66.3 Å². The molecule has 0 bridgehead atoms. The van der Waals surface area contributed by atoms with E-state index >= 15 is 0 Å². The van der Waals surface area contributed by atoms with Crippen LogP contribution in [-0.2, 0) is 14.8 Å². The number of hydrogen-bond donors (Lipinski definition) is 2. The second-order valence-electron chi connectivity index (χ2n) is 7.34. The second-order valence-corrected chi connectivity index (χ2v) is 10.7. The lowest BCUT2D eigenvalue weighted by atomic mass is 10.2. The number of benzene rings is 2. The first-order valence-corrected chi connectivity index (χ1v) is 12.8. The van der Waals surface area contributed by atoms with E-state index in [1.165, 1.54) is 47.0 Å². The summed E-state index contributed by atoms with van der Waals surface area (Å²) < 4.78 is 32.5. The van der Waals surface area contributed by atoms with Crippen LogP contribution in [0.15, 0.2) is 53.4 Å². The van der Waals surface area contributed by atoms with Crippen LogP contribution < -0.4 is 10.6 Å². The number of esters is 1. The Morgan fingerprint density at radius 3 is 2.39 bits per heavy atom. The highest BCUT2D eigenvalue weighted by atomic mass is 32.2. The highest BCUT2D eigenvalue weighted by molar-refractivity contribution is 7.89. The highest BCUT2D eigenvalue weighted by Gasteiger charge is 2.27. The number of nitrogens with zero attached hydrogens (tertiary/aromatic N) is 1. The molecule has 0 unspecified atom stereocenters. The van der Waals surface area contributed by atoms with Crippen LogP contribution in [0.1, 0.15) is 32.9 Å². The lowest BCUT2D eigenvalue weighted by molar-refractivity contribution is 0.0607. The number of amides is 1. The molecule has 1 fully saturated rings. The van der Waals surface area contributed by atoms with Crippen LogP contribution in [0.25, 0.3) is 10.1 Å². The number of thiocarbonyl (C=S) groups is 1. The van der Waals surface area contributed by atoms with Gasteiger partial charge in [-0.05, 0) is 55.4 Å². The van der Waals surface area contributed by atoms with Crippen LogP contribution in [-0.4, -0.2) is 49.9 Å². The molecule has 172 valence electrons. The molecule has 4 rings (SSSR count). The number of carbonyl (C=O) groups is 2. The molecule has 2 heterocycles. The summed E-state index contributed by atoms with van der Waals surface area (Å²) in [5, 5.41) is 6.28. The van der Waals surface area contributed by atoms with Crippen LogP contribution in [0.3, 0.4) is 0 Å². The first kappa shape index (κ1) is 23.3. The van der Waals surface area contributed by atoms with E-state index in [1.54, 1.807) is 0 Å². The van der Waals surface area contributed by atoms with Gasteiger partial charge in [0.25, 0.3) is 5.91 Å². The van der Waals surface area contributed by atoms with Crippen LogP contribution in [0.4, 0.5) is 5.69 Å². The summed E-state index contributed by atoms with van der Waals surface area (Å²) >= 11 is 6.55. The first-order chi connectivity index (χ1) is 15.8. The third kappa shape index (κ3) is 4.76.